The molecule has 0 bridgehead atoms. The summed E-state index contributed by atoms with van der Waals surface area (Å²) in [5, 5.41) is 23.5. The molecule has 0 spiro atoms. The Bertz CT molecular complexity index is 2520. The van der Waals surface area contributed by atoms with Gasteiger partial charge >= 0.3 is 0 Å². The highest BCUT2D eigenvalue weighted by atomic mass is 32.2. The minimum atomic E-state index is -5.40. The van der Waals surface area contributed by atoms with E-state index in [9.17, 15) is 65.8 Å². The number of nitrogen functional groups attached to an aromatic ring is 1. The summed E-state index contributed by atoms with van der Waals surface area (Å²) in [4.78, 5) is -4.65. The lowest BCUT2D eigenvalue weighted by Crippen LogP contribution is -2.04. The lowest BCUT2D eigenvalue weighted by molar-refractivity contribution is 0.472. The Kier molecular flexibility index (Phi) is 8.94. The van der Waals surface area contributed by atoms with Gasteiger partial charge in [-0.3, -0.25) is 18.2 Å². The van der Waals surface area contributed by atoms with Gasteiger partial charge in [-0.1, -0.05) is 6.07 Å². The van der Waals surface area contributed by atoms with E-state index >= 15 is 0 Å². The van der Waals surface area contributed by atoms with Gasteiger partial charge in [0.25, 0.3) is 40.5 Å². The van der Waals surface area contributed by atoms with Crippen molar-refractivity contribution in [1.29, 1.82) is 0 Å². The topological polar surface area (TPSA) is 313 Å². The molecule has 7 N–H and O–H groups in total. The van der Waals surface area contributed by atoms with Crippen molar-refractivity contribution in [2.75, 3.05) is 5.73 Å². The van der Waals surface area contributed by atoms with Gasteiger partial charge in [0.05, 0.1) is 11.1 Å². The molecule has 0 aliphatic carbocycles. The number of fused-ring (bicyclic) bond motifs is 1. The van der Waals surface area contributed by atoms with Crippen molar-refractivity contribution < 1.29 is 65.8 Å². The lowest BCUT2D eigenvalue weighted by Gasteiger charge is -2.14. The molecule has 18 nitrogen and oxygen atoms in total. The number of aryl methyl sites for hydroxylation is 1. The highest BCUT2D eigenvalue weighted by Gasteiger charge is 2.29. The molecule has 250 valence electrons. The van der Waals surface area contributed by atoms with E-state index < -0.39 is 117 Å². The molecule has 4 rings (SSSR count). The summed E-state index contributed by atoms with van der Waals surface area (Å²) < 4.78 is 162. The van der Waals surface area contributed by atoms with Gasteiger partial charge in [-0.05, 0) is 42.1 Å². The van der Waals surface area contributed by atoms with Crippen molar-refractivity contribution in [1.82, 2.24) is 0 Å². The Hall–Kier alpha value is -4.56. The normalized spacial score (nSPS) is 13.3. The number of phenolic OH excluding ortho intramolecular Hbond substituents is 1. The predicted octanol–water partition coefficient (Wildman–Crippen LogP) is 4.53. The number of hydrogen-bond donors (Lipinski definition) is 6. The number of rotatable bonds is 8. The molecule has 0 heterocycles. The largest absolute Gasteiger partial charge is 0.505 e. The Labute approximate surface area is 262 Å². The smallest absolute Gasteiger partial charge is 0.296 e. The number of anilines is 1. The second kappa shape index (κ2) is 11.9. The highest BCUT2D eigenvalue weighted by Crippen LogP contribution is 2.48. The van der Waals surface area contributed by atoms with Crippen LogP contribution in [0.4, 0.5) is 37.2 Å². The summed E-state index contributed by atoms with van der Waals surface area (Å²) in [5.41, 5.74) is 1.48. The molecule has 0 aliphatic rings. The van der Waals surface area contributed by atoms with Crippen LogP contribution in [-0.2, 0) is 40.5 Å². The maximum absolute atomic E-state index is 13.9. The monoisotopic (exact) mass is 737 g/mol. The van der Waals surface area contributed by atoms with E-state index in [2.05, 4.69) is 20.5 Å². The average molecular weight is 738 g/mol. The molecule has 24 heteroatoms. The van der Waals surface area contributed by atoms with Crippen LogP contribution < -0.4 is 5.73 Å². The molecule has 0 radical (unpaired) electrons. The van der Waals surface area contributed by atoms with Crippen molar-refractivity contribution in [2.24, 2.45) is 20.5 Å². The first kappa shape index (κ1) is 35.3. The van der Waals surface area contributed by atoms with Gasteiger partial charge in [-0.15, -0.1) is 20.5 Å². The Balaban J connectivity index is 2.09. The Morgan fingerprint density at radius 1 is 0.596 bits per heavy atom. The third kappa shape index (κ3) is 7.23. The van der Waals surface area contributed by atoms with Crippen LogP contribution in [0.15, 0.2) is 82.5 Å². The molecular weight excluding hydrogens is 721 g/mol. The molecule has 0 amide bonds. The first-order chi connectivity index (χ1) is 21.4. The van der Waals surface area contributed by atoms with Gasteiger partial charge in [-0.25, -0.2) is 8.78 Å². The summed E-state index contributed by atoms with van der Waals surface area (Å²) in [6.45, 7) is 1.45. The molecule has 4 aromatic rings. The van der Waals surface area contributed by atoms with E-state index in [0.29, 0.717) is 17.7 Å². The van der Waals surface area contributed by atoms with Crippen LogP contribution in [0.1, 0.15) is 5.56 Å². The molecule has 0 aliphatic heterocycles. The van der Waals surface area contributed by atoms with Gasteiger partial charge in [-0.2, -0.15) is 33.7 Å². The Morgan fingerprint density at radius 3 is 1.57 bits per heavy atom. The van der Waals surface area contributed by atoms with Gasteiger partial charge in [0.2, 0.25) is 0 Å². The fourth-order valence-corrected chi connectivity index (χ4v) is 6.68. The zero-order valence-electron chi connectivity index (χ0n) is 22.8. The fraction of sp³-hybridized carbons (Fsp3) is 0.0435. The fourth-order valence-electron chi connectivity index (χ4n) is 4.03. The van der Waals surface area contributed by atoms with Crippen molar-refractivity contribution >= 4 is 79.7 Å². The molecule has 0 aromatic heterocycles. The van der Waals surface area contributed by atoms with E-state index in [1.807, 2.05) is 0 Å². The van der Waals surface area contributed by atoms with Crippen LogP contribution >= 0.6 is 0 Å². The summed E-state index contributed by atoms with van der Waals surface area (Å²) in [5.74, 6) is -4.71. The van der Waals surface area contributed by atoms with Crippen LogP contribution in [-0.4, -0.2) is 57.0 Å². The first-order valence-corrected chi connectivity index (χ1v) is 17.6. The van der Waals surface area contributed by atoms with Gasteiger partial charge in [0, 0.05) is 12.1 Å². The van der Waals surface area contributed by atoms with E-state index in [-0.39, 0.29) is 12.1 Å². The molecule has 4 aromatic carbocycles. The second-order valence-electron chi connectivity index (χ2n) is 9.31. The van der Waals surface area contributed by atoms with Crippen LogP contribution in [0.5, 0.6) is 5.75 Å². The van der Waals surface area contributed by atoms with Crippen LogP contribution in [0.25, 0.3) is 10.8 Å². The molecule has 0 unspecified atom stereocenters. The number of azo groups is 2. The SMILES string of the molecule is Cc1ccc(N=Nc2c(S(=O)(=O)O)cc3cc(S(=O)(=O)O)c(N=Nc4cc(F)c(F)cc4S(=O)(=O)O)c(N)c3c2O)c(S(=O)(=O)O)c1. The summed E-state index contributed by atoms with van der Waals surface area (Å²) in [6.07, 6.45) is 0. The van der Waals surface area contributed by atoms with E-state index in [1.165, 1.54) is 13.0 Å². The van der Waals surface area contributed by atoms with Crippen molar-refractivity contribution in [2.45, 2.75) is 26.5 Å². The standard InChI is InChI=1S/C23H17F2N5O13S4/c1-9-2-3-13(15(4-9)44(32,33)34)27-30-22-18(47(41,42)43)6-10-5-17(46(38,39)40)21(20(26)19(10)23(22)31)29-28-14-7-11(24)12(25)8-16(14)45(35,36)37/h2-8,31H,26H2,1H3,(H,32,33,34)(H,35,36,37)(H,38,39,40)(H,41,42,43). The minimum absolute atomic E-state index is 0.0218. The quantitative estimate of drug-likeness (QED) is 0.0822. The molecule has 0 saturated carbocycles. The first-order valence-electron chi connectivity index (χ1n) is 11.9. The molecular formula is C23H17F2N5O13S4. The zero-order chi connectivity index (χ0) is 35.4. The maximum Gasteiger partial charge on any atom is 0.296 e. The third-order valence-corrected chi connectivity index (χ3v) is 9.56. The van der Waals surface area contributed by atoms with Gasteiger partial charge in [0.1, 0.15) is 42.3 Å². The van der Waals surface area contributed by atoms with Crippen LogP contribution in [0.3, 0.4) is 0 Å². The number of halogens is 2. The predicted molar refractivity (Wildman–Crippen MR) is 155 cm³/mol. The molecule has 47 heavy (non-hydrogen) atoms. The van der Waals surface area contributed by atoms with Crippen molar-refractivity contribution in [3.8, 4) is 5.75 Å². The Morgan fingerprint density at radius 2 is 1.04 bits per heavy atom. The third-order valence-electron chi connectivity index (χ3n) is 6.06. The van der Waals surface area contributed by atoms with Crippen molar-refractivity contribution in [3.05, 3.63) is 59.7 Å². The van der Waals surface area contributed by atoms with Crippen molar-refractivity contribution in [3.63, 3.8) is 0 Å². The molecule has 0 atom stereocenters. The highest BCUT2D eigenvalue weighted by molar-refractivity contribution is 7.86. The van der Waals surface area contributed by atoms with E-state index in [0.717, 1.165) is 12.1 Å². The number of phenols is 1. The summed E-state index contributed by atoms with van der Waals surface area (Å²) in [7, 11) is -21.0. The maximum atomic E-state index is 13.9. The number of nitrogens with zero attached hydrogens (tertiary/aromatic N) is 4. The number of nitrogens with two attached hydrogens (primary N) is 1. The summed E-state index contributed by atoms with van der Waals surface area (Å²) >= 11 is 0. The number of benzene rings is 4. The second-order valence-corrected chi connectivity index (χ2v) is 14.9. The molecule has 0 fully saturated rings. The van der Waals surface area contributed by atoms with Gasteiger partial charge in [0.15, 0.2) is 17.4 Å². The lowest BCUT2D eigenvalue weighted by atomic mass is 10.1. The molecule has 0 saturated heterocycles. The number of hydrogen-bond acceptors (Lipinski definition) is 14. The zero-order valence-corrected chi connectivity index (χ0v) is 26.1. The average Bonchev–Trinajstić information content (AvgIpc) is 2.91. The van der Waals surface area contributed by atoms with Gasteiger partial charge < -0.3 is 10.8 Å². The van der Waals surface area contributed by atoms with Crippen LogP contribution in [0, 0.1) is 18.6 Å². The van der Waals surface area contributed by atoms with Crippen LogP contribution in [0.2, 0.25) is 0 Å². The van der Waals surface area contributed by atoms with E-state index in [4.69, 9.17) is 5.73 Å². The number of aromatic hydroxyl groups is 1. The summed E-state index contributed by atoms with van der Waals surface area (Å²) in [6, 6.07) is 4.48. The van der Waals surface area contributed by atoms with E-state index in [1.54, 1.807) is 0 Å². The minimum Gasteiger partial charge on any atom is -0.505 e.